The van der Waals surface area contributed by atoms with Crippen LogP contribution in [-0.2, 0) is 0 Å². The van der Waals surface area contributed by atoms with Gasteiger partial charge in [0, 0.05) is 22.9 Å². The van der Waals surface area contributed by atoms with E-state index < -0.39 is 0 Å². The van der Waals surface area contributed by atoms with E-state index in [0.29, 0.717) is 22.9 Å². The van der Waals surface area contributed by atoms with Gasteiger partial charge >= 0.3 is 0 Å². The quantitative estimate of drug-likeness (QED) is 0.845. The first kappa shape index (κ1) is 17.0. The summed E-state index contributed by atoms with van der Waals surface area (Å²) >= 11 is 0. The summed E-state index contributed by atoms with van der Waals surface area (Å²) in [5, 5.41) is 5.76. The second-order valence-electron chi connectivity index (χ2n) is 6.47. The van der Waals surface area contributed by atoms with Gasteiger partial charge in [-0.1, -0.05) is 0 Å². The maximum Gasteiger partial charge on any atom is 0.255 e. The van der Waals surface area contributed by atoms with Crippen molar-refractivity contribution < 1.29 is 14.3 Å². The molecule has 0 saturated heterocycles. The summed E-state index contributed by atoms with van der Waals surface area (Å²) in [5.74, 6) is 0.459. The Balaban J connectivity index is 1.59. The number of anilines is 1. The first-order valence-electron chi connectivity index (χ1n) is 8.50. The van der Waals surface area contributed by atoms with E-state index in [4.69, 9.17) is 4.74 Å². The molecule has 1 fully saturated rings. The highest BCUT2D eigenvalue weighted by atomic mass is 16.5. The number of hydrogen-bond acceptors (Lipinski definition) is 3. The molecule has 2 aromatic rings. The van der Waals surface area contributed by atoms with Crippen LogP contribution < -0.4 is 15.4 Å². The monoisotopic (exact) mass is 338 g/mol. The normalized spacial score (nSPS) is 13.4. The molecule has 1 aliphatic rings. The Morgan fingerprint density at radius 2 is 1.48 bits per heavy atom. The van der Waals surface area contributed by atoms with E-state index >= 15 is 0 Å². The number of rotatable bonds is 6. The van der Waals surface area contributed by atoms with Gasteiger partial charge in [-0.25, -0.2) is 0 Å². The number of amides is 2. The van der Waals surface area contributed by atoms with Crippen LogP contribution in [0.25, 0.3) is 0 Å². The van der Waals surface area contributed by atoms with Gasteiger partial charge in [0.25, 0.3) is 11.8 Å². The average molecular weight is 338 g/mol. The zero-order valence-corrected chi connectivity index (χ0v) is 14.4. The van der Waals surface area contributed by atoms with Crippen molar-refractivity contribution in [2.24, 2.45) is 0 Å². The number of benzene rings is 2. The molecule has 2 amide bonds. The molecule has 0 bridgehead atoms. The highest BCUT2D eigenvalue weighted by Crippen LogP contribution is 2.20. The Kier molecular flexibility index (Phi) is 5.03. The van der Waals surface area contributed by atoms with Gasteiger partial charge in [-0.05, 0) is 75.2 Å². The molecule has 0 unspecified atom stereocenters. The Bertz CT molecular complexity index is 748. The fraction of sp³-hybridized carbons (Fsp3) is 0.300. The fourth-order valence-electron chi connectivity index (χ4n) is 2.36. The molecule has 25 heavy (non-hydrogen) atoms. The van der Waals surface area contributed by atoms with Crippen molar-refractivity contribution in [1.29, 1.82) is 0 Å². The molecule has 0 aromatic heterocycles. The molecule has 5 heteroatoms. The second kappa shape index (κ2) is 7.38. The zero-order valence-electron chi connectivity index (χ0n) is 14.4. The summed E-state index contributed by atoms with van der Waals surface area (Å²) in [4.78, 5) is 24.3. The summed E-state index contributed by atoms with van der Waals surface area (Å²) in [6.07, 6.45) is 2.21. The van der Waals surface area contributed by atoms with E-state index in [9.17, 15) is 9.59 Å². The van der Waals surface area contributed by atoms with Gasteiger partial charge in [0.15, 0.2) is 0 Å². The number of nitrogens with one attached hydrogen (secondary N) is 2. The first-order chi connectivity index (χ1) is 12.0. The molecule has 1 saturated carbocycles. The molecule has 0 radical (unpaired) electrons. The summed E-state index contributed by atoms with van der Waals surface area (Å²) in [5.41, 5.74) is 1.76. The molecule has 0 heterocycles. The van der Waals surface area contributed by atoms with E-state index in [-0.39, 0.29) is 17.9 Å². The van der Waals surface area contributed by atoms with Gasteiger partial charge in [0.2, 0.25) is 0 Å². The lowest BCUT2D eigenvalue weighted by Gasteiger charge is -2.11. The summed E-state index contributed by atoms with van der Waals surface area (Å²) in [7, 11) is 0. The largest absolute Gasteiger partial charge is 0.491 e. The lowest BCUT2D eigenvalue weighted by atomic mass is 10.1. The van der Waals surface area contributed by atoms with Crippen LogP contribution >= 0.6 is 0 Å². The van der Waals surface area contributed by atoms with Crippen LogP contribution in [0.1, 0.15) is 47.4 Å². The van der Waals surface area contributed by atoms with Crippen LogP contribution in [0, 0.1) is 0 Å². The van der Waals surface area contributed by atoms with E-state index in [1.165, 1.54) is 0 Å². The van der Waals surface area contributed by atoms with Crippen molar-refractivity contribution in [3.63, 3.8) is 0 Å². The number of carbonyl (C=O) groups excluding carboxylic acids is 2. The Morgan fingerprint density at radius 3 is 2.00 bits per heavy atom. The molecule has 2 N–H and O–H groups in total. The Hall–Kier alpha value is -2.82. The lowest BCUT2D eigenvalue weighted by Crippen LogP contribution is -2.25. The molecule has 2 aromatic carbocycles. The van der Waals surface area contributed by atoms with Crippen LogP contribution in [0.5, 0.6) is 5.75 Å². The van der Waals surface area contributed by atoms with E-state index in [1.807, 2.05) is 26.0 Å². The minimum absolute atomic E-state index is 0.0878. The van der Waals surface area contributed by atoms with Gasteiger partial charge in [-0.2, -0.15) is 0 Å². The van der Waals surface area contributed by atoms with Crippen molar-refractivity contribution in [2.45, 2.75) is 38.8 Å². The smallest absolute Gasteiger partial charge is 0.255 e. The van der Waals surface area contributed by atoms with Crippen molar-refractivity contribution in [3.05, 3.63) is 59.7 Å². The summed E-state index contributed by atoms with van der Waals surface area (Å²) < 4.78 is 5.58. The molecule has 3 rings (SSSR count). The molecule has 0 aliphatic heterocycles. The van der Waals surface area contributed by atoms with Gasteiger partial charge in [0.05, 0.1) is 6.10 Å². The molecular formula is C20H22N2O3. The minimum Gasteiger partial charge on any atom is -0.491 e. The highest BCUT2D eigenvalue weighted by molar-refractivity contribution is 6.05. The number of hydrogen-bond donors (Lipinski definition) is 2. The molecule has 0 spiro atoms. The van der Waals surface area contributed by atoms with Crippen LogP contribution in [-0.4, -0.2) is 24.0 Å². The minimum atomic E-state index is -0.216. The standard InChI is InChI=1S/C20H22N2O3/c1-13(2)25-18-11-9-17(10-12-18)22-20(24)15-5-3-14(4-6-15)19(23)21-16-7-8-16/h3-6,9-13,16H,7-8H2,1-2H3,(H,21,23)(H,22,24). The van der Waals surface area contributed by atoms with Gasteiger partial charge in [0.1, 0.15) is 5.75 Å². The maximum absolute atomic E-state index is 12.3. The van der Waals surface area contributed by atoms with Gasteiger partial charge < -0.3 is 15.4 Å². The third-order valence-corrected chi connectivity index (χ3v) is 3.81. The van der Waals surface area contributed by atoms with E-state index in [0.717, 1.165) is 18.6 Å². The predicted molar refractivity (Wildman–Crippen MR) is 97.1 cm³/mol. The third kappa shape index (κ3) is 4.83. The van der Waals surface area contributed by atoms with Crippen molar-refractivity contribution in [3.8, 4) is 5.75 Å². The number of ether oxygens (including phenoxy) is 1. The lowest BCUT2D eigenvalue weighted by molar-refractivity contribution is 0.0949. The van der Waals surface area contributed by atoms with Crippen molar-refractivity contribution >= 4 is 17.5 Å². The molecule has 1 aliphatic carbocycles. The Labute approximate surface area is 147 Å². The van der Waals surface area contributed by atoms with Gasteiger partial charge in [-0.15, -0.1) is 0 Å². The van der Waals surface area contributed by atoms with Crippen LogP contribution in [0.3, 0.4) is 0 Å². The van der Waals surface area contributed by atoms with Gasteiger partial charge in [-0.3, -0.25) is 9.59 Å². The van der Waals surface area contributed by atoms with Crippen LogP contribution in [0.4, 0.5) is 5.69 Å². The second-order valence-corrected chi connectivity index (χ2v) is 6.47. The van der Waals surface area contributed by atoms with Crippen molar-refractivity contribution in [1.82, 2.24) is 5.32 Å². The summed E-state index contributed by atoms with van der Waals surface area (Å²) in [6.45, 7) is 3.93. The fourth-order valence-corrected chi connectivity index (χ4v) is 2.36. The molecule has 130 valence electrons. The number of carbonyl (C=O) groups is 2. The SMILES string of the molecule is CC(C)Oc1ccc(NC(=O)c2ccc(C(=O)NC3CC3)cc2)cc1. The molecule has 5 nitrogen and oxygen atoms in total. The average Bonchev–Trinajstić information content (AvgIpc) is 3.40. The molecular weight excluding hydrogens is 316 g/mol. The van der Waals surface area contributed by atoms with Crippen LogP contribution in [0.15, 0.2) is 48.5 Å². The maximum atomic E-state index is 12.3. The van der Waals surface area contributed by atoms with Crippen LogP contribution in [0.2, 0.25) is 0 Å². The third-order valence-electron chi connectivity index (χ3n) is 3.81. The highest BCUT2D eigenvalue weighted by Gasteiger charge is 2.23. The van der Waals surface area contributed by atoms with Crippen molar-refractivity contribution in [2.75, 3.05) is 5.32 Å². The predicted octanol–water partition coefficient (Wildman–Crippen LogP) is 3.62. The first-order valence-corrected chi connectivity index (χ1v) is 8.50. The van der Waals surface area contributed by atoms with E-state index in [1.54, 1.807) is 36.4 Å². The summed E-state index contributed by atoms with van der Waals surface area (Å²) in [6, 6.07) is 14.2. The molecule has 0 atom stereocenters. The Morgan fingerprint density at radius 1 is 0.920 bits per heavy atom. The zero-order chi connectivity index (χ0) is 17.8. The van der Waals surface area contributed by atoms with E-state index in [2.05, 4.69) is 10.6 Å². The topological polar surface area (TPSA) is 67.4 Å².